The Kier molecular flexibility index (Phi) is 2.69. The Morgan fingerprint density at radius 1 is 1.77 bits per heavy atom. The van der Waals surface area contributed by atoms with Gasteiger partial charge in [-0.1, -0.05) is 0 Å². The van der Waals surface area contributed by atoms with E-state index in [0.717, 1.165) is 5.56 Å². The van der Waals surface area contributed by atoms with Crippen LogP contribution in [0.15, 0.2) is 11.2 Å². The third kappa shape index (κ3) is 1.87. The zero-order chi connectivity index (χ0) is 9.84. The Morgan fingerprint density at radius 3 is 3.00 bits per heavy atom. The van der Waals surface area contributed by atoms with E-state index in [2.05, 4.69) is 14.8 Å². The standard InChI is InChI=1S/C8H11N3O2/c1-5-3-6(4-10-9)11-7(5)8(12)13-2/h3-4,11H,9H2,1-2H3/b10-4+. The average molecular weight is 181 g/mol. The number of H-pyrrole nitrogens is 1. The van der Waals surface area contributed by atoms with Gasteiger partial charge in [0.1, 0.15) is 5.69 Å². The van der Waals surface area contributed by atoms with E-state index >= 15 is 0 Å². The molecule has 0 aromatic carbocycles. The molecule has 1 aromatic rings. The van der Waals surface area contributed by atoms with Crippen LogP contribution in [0.3, 0.4) is 0 Å². The molecule has 5 nitrogen and oxygen atoms in total. The molecule has 0 saturated heterocycles. The Hall–Kier alpha value is -1.78. The number of hydrogen-bond acceptors (Lipinski definition) is 4. The minimum absolute atomic E-state index is 0.394. The zero-order valence-corrected chi connectivity index (χ0v) is 7.50. The number of aromatic nitrogens is 1. The van der Waals surface area contributed by atoms with Gasteiger partial charge in [0, 0.05) is 0 Å². The summed E-state index contributed by atoms with van der Waals surface area (Å²) in [6.07, 6.45) is 1.43. The maximum absolute atomic E-state index is 11.1. The van der Waals surface area contributed by atoms with Crippen molar-refractivity contribution in [2.24, 2.45) is 10.9 Å². The van der Waals surface area contributed by atoms with Crippen molar-refractivity contribution in [3.8, 4) is 0 Å². The number of ether oxygens (including phenoxy) is 1. The number of nitrogens with one attached hydrogen (secondary N) is 1. The van der Waals surface area contributed by atoms with Crippen LogP contribution in [0.4, 0.5) is 0 Å². The summed E-state index contributed by atoms with van der Waals surface area (Å²) in [5.74, 6) is 4.57. The third-order valence-electron chi connectivity index (χ3n) is 1.64. The van der Waals surface area contributed by atoms with Crippen LogP contribution in [0.5, 0.6) is 0 Å². The summed E-state index contributed by atoms with van der Waals surface area (Å²) in [4.78, 5) is 14.0. The van der Waals surface area contributed by atoms with Gasteiger partial charge in [0.2, 0.25) is 0 Å². The highest BCUT2D eigenvalue weighted by atomic mass is 16.5. The molecule has 0 spiro atoms. The van der Waals surface area contributed by atoms with E-state index in [1.807, 2.05) is 0 Å². The molecule has 1 rings (SSSR count). The minimum Gasteiger partial charge on any atom is -0.464 e. The summed E-state index contributed by atoms with van der Waals surface area (Å²) in [5.41, 5.74) is 1.92. The van der Waals surface area contributed by atoms with Crippen LogP contribution in [-0.2, 0) is 4.74 Å². The number of aromatic amines is 1. The summed E-state index contributed by atoms with van der Waals surface area (Å²) in [7, 11) is 1.33. The van der Waals surface area contributed by atoms with E-state index in [4.69, 9.17) is 5.84 Å². The van der Waals surface area contributed by atoms with Crippen LogP contribution in [-0.4, -0.2) is 24.3 Å². The maximum atomic E-state index is 11.1. The van der Waals surface area contributed by atoms with Crippen LogP contribution >= 0.6 is 0 Å². The second-order valence-corrected chi connectivity index (χ2v) is 2.55. The Morgan fingerprint density at radius 2 is 2.46 bits per heavy atom. The maximum Gasteiger partial charge on any atom is 0.354 e. The van der Waals surface area contributed by atoms with Crippen molar-refractivity contribution >= 4 is 12.2 Å². The van der Waals surface area contributed by atoms with Crippen molar-refractivity contribution in [3.05, 3.63) is 23.0 Å². The molecular weight excluding hydrogens is 170 g/mol. The largest absolute Gasteiger partial charge is 0.464 e. The molecule has 13 heavy (non-hydrogen) atoms. The molecule has 3 N–H and O–H groups in total. The van der Waals surface area contributed by atoms with Gasteiger partial charge in [-0.25, -0.2) is 4.79 Å². The van der Waals surface area contributed by atoms with Gasteiger partial charge in [-0.05, 0) is 18.6 Å². The zero-order valence-electron chi connectivity index (χ0n) is 7.50. The van der Waals surface area contributed by atoms with Gasteiger partial charge in [0.15, 0.2) is 0 Å². The monoisotopic (exact) mass is 181 g/mol. The topological polar surface area (TPSA) is 80.5 Å². The molecule has 0 saturated carbocycles. The highest BCUT2D eigenvalue weighted by molar-refractivity contribution is 5.91. The van der Waals surface area contributed by atoms with Crippen molar-refractivity contribution in [1.29, 1.82) is 0 Å². The van der Waals surface area contributed by atoms with Crippen LogP contribution in [0.25, 0.3) is 0 Å². The minimum atomic E-state index is -0.394. The van der Waals surface area contributed by atoms with E-state index in [9.17, 15) is 4.79 Å². The highest BCUT2D eigenvalue weighted by Gasteiger charge is 2.11. The summed E-state index contributed by atoms with van der Waals surface area (Å²) < 4.78 is 4.56. The number of hydrazone groups is 1. The highest BCUT2D eigenvalue weighted by Crippen LogP contribution is 2.09. The molecule has 0 aliphatic heterocycles. The number of methoxy groups -OCH3 is 1. The second-order valence-electron chi connectivity index (χ2n) is 2.55. The molecule has 0 fully saturated rings. The number of hydrogen-bond donors (Lipinski definition) is 2. The summed E-state index contributed by atoms with van der Waals surface area (Å²) in [5, 5.41) is 3.34. The van der Waals surface area contributed by atoms with Crippen LogP contribution in [0, 0.1) is 6.92 Å². The van der Waals surface area contributed by atoms with Crippen LogP contribution in [0.1, 0.15) is 21.7 Å². The summed E-state index contributed by atoms with van der Waals surface area (Å²) in [6.45, 7) is 1.80. The van der Waals surface area contributed by atoms with E-state index < -0.39 is 5.97 Å². The molecule has 0 amide bonds. The van der Waals surface area contributed by atoms with Crippen molar-refractivity contribution < 1.29 is 9.53 Å². The van der Waals surface area contributed by atoms with E-state index in [1.54, 1.807) is 13.0 Å². The normalized spacial score (nSPS) is 10.6. The van der Waals surface area contributed by atoms with Gasteiger partial charge in [0.05, 0.1) is 19.0 Å². The Bertz CT molecular complexity index is 341. The predicted molar refractivity (Wildman–Crippen MR) is 48.7 cm³/mol. The number of aryl methyl sites for hydroxylation is 1. The Labute approximate surface area is 75.6 Å². The van der Waals surface area contributed by atoms with Gasteiger partial charge in [-0.15, -0.1) is 0 Å². The lowest BCUT2D eigenvalue weighted by Crippen LogP contribution is -2.03. The molecule has 0 bridgehead atoms. The molecule has 0 atom stereocenters. The van der Waals surface area contributed by atoms with Gasteiger partial charge in [-0.3, -0.25) is 0 Å². The lowest BCUT2D eigenvalue weighted by atomic mass is 10.2. The fourth-order valence-electron chi connectivity index (χ4n) is 1.05. The molecule has 1 heterocycles. The summed E-state index contributed by atoms with van der Waals surface area (Å²) in [6, 6.07) is 1.77. The number of esters is 1. The molecule has 0 aliphatic rings. The number of rotatable bonds is 2. The van der Waals surface area contributed by atoms with Gasteiger partial charge >= 0.3 is 5.97 Å². The van der Waals surface area contributed by atoms with Crippen LogP contribution < -0.4 is 5.84 Å². The van der Waals surface area contributed by atoms with Crippen LogP contribution in [0.2, 0.25) is 0 Å². The fraction of sp³-hybridized carbons (Fsp3) is 0.250. The molecule has 0 aliphatic carbocycles. The molecule has 0 radical (unpaired) electrons. The van der Waals surface area contributed by atoms with Gasteiger partial charge in [-0.2, -0.15) is 5.10 Å². The van der Waals surface area contributed by atoms with Crippen molar-refractivity contribution in [2.75, 3.05) is 7.11 Å². The lowest BCUT2D eigenvalue weighted by molar-refractivity contribution is 0.0594. The first-order chi connectivity index (χ1) is 6.19. The number of carbonyl (C=O) groups is 1. The quantitative estimate of drug-likeness (QED) is 0.300. The van der Waals surface area contributed by atoms with Crippen molar-refractivity contribution in [3.63, 3.8) is 0 Å². The fourth-order valence-corrected chi connectivity index (χ4v) is 1.05. The van der Waals surface area contributed by atoms with E-state index in [0.29, 0.717) is 11.4 Å². The smallest absolute Gasteiger partial charge is 0.354 e. The number of nitrogens with two attached hydrogens (primary N) is 1. The number of carbonyl (C=O) groups excluding carboxylic acids is 1. The SMILES string of the molecule is COC(=O)c1[nH]c(/C=N/N)cc1C. The molecule has 5 heteroatoms. The molecular formula is C8H11N3O2. The molecule has 0 unspecified atom stereocenters. The van der Waals surface area contributed by atoms with Crippen molar-refractivity contribution in [1.82, 2.24) is 4.98 Å². The van der Waals surface area contributed by atoms with E-state index in [1.165, 1.54) is 13.3 Å². The predicted octanol–water partition coefficient (Wildman–Crippen LogP) is 0.402. The Balaban J connectivity index is 3.02. The second kappa shape index (κ2) is 3.75. The first-order valence-electron chi connectivity index (χ1n) is 3.70. The number of nitrogens with zero attached hydrogens (tertiary/aromatic N) is 1. The van der Waals surface area contributed by atoms with Gasteiger partial charge in [0.25, 0.3) is 0 Å². The van der Waals surface area contributed by atoms with Gasteiger partial charge < -0.3 is 15.6 Å². The first kappa shape index (κ1) is 9.31. The molecule has 1 aromatic heterocycles. The average Bonchev–Trinajstić information content (AvgIpc) is 2.46. The van der Waals surface area contributed by atoms with E-state index in [-0.39, 0.29) is 0 Å². The first-order valence-corrected chi connectivity index (χ1v) is 3.70. The summed E-state index contributed by atoms with van der Waals surface area (Å²) >= 11 is 0. The van der Waals surface area contributed by atoms with Crippen molar-refractivity contribution in [2.45, 2.75) is 6.92 Å². The third-order valence-corrected chi connectivity index (χ3v) is 1.64. The molecule has 70 valence electrons. The lowest BCUT2D eigenvalue weighted by Gasteiger charge is -1.95.